The summed E-state index contributed by atoms with van der Waals surface area (Å²) < 4.78 is 1.65. The average Bonchev–Trinajstić information content (AvgIpc) is 3.34. The number of carbonyl (C=O) groups excluding carboxylic acids is 2. The van der Waals surface area contributed by atoms with Crippen molar-refractivity contribution in [3.63, 3.8) is 0 Å². The summed E-state index contributed by atoms with van der Waals surface area (Å²) in [4.78, 5) is 29.5. The number of rotatable bonds is 6. The fourth-order valence-corrected chi connectivity index (χ4v) is 4.58. The van der Waals surface area contributed by atoms with Crippen molar-refractivity contribution in [2.45, 2.75) is 32.1 Å². The molecule has 8 heteroatoms. The summed E-state index contributed by atoms with van der Waals surface area (Å²) in [6.45, 7) is 0.748. The number of carbonyl (C=O) groups is 2. The van der Waals surface area contributed by atoms with Crippen LogP contribution in [0.2, 0.25) is 0 Å². The van der Waals surface area contributed by atoms with Crippen LogP contribution in [0.5, 0.6) is 0 Å². The maximum absolute atomic E-state index is 12.5. The first-order valence-electron chi connectivity index (χ1n) is 10.3. The van der Waals surface area contributed by atoms with E-state index in [2.05, 4.69) is 20.7 Å². The zero-order valence-electron chi connectivity index (χ0n) is 16.7. The van der Waals surface area contributed by atoms with E-state index in [0.29, 0.717) is 27.8 Å². The number of nitrogens with one attached hydrogen (secondary N) is 2. The molecular formula is C22H25N5O2S. The van der Waals surface area contributed by atoms with Crippen LogP contribution >= 0.6 is 11.8 Å². The topological polar surface area (TPSA) is 88.9 Å². The van der Waals surface area contributed by atoms with Crippen LogP contribution in [0.3, 0.4) is 0 Å². The Bertz CT molecular complexity index is 944. The minimum absolute atomic E-state index is 0.0371. The summed E-state index contributed by atoms with van der Waals surface area (Å²) in [6.07, 6.45) is 12.8. The molecule has 0 radical (unpaired) electrons. The number of nitrogens with zero attached hydrogens (tertiary/aromatic N) is 3. The van der Waals surface area contributed by atoms with Gasteiger partial charge in [-0.3, -0.25) is 9.59 Å². The molecule has 0 bridgehead atoms. The molecule has 30 heavy (non-hydrogen) atoms. The molecule has 2 amide bonds. The van der Waals surface area contributed by atoms with Gasteiger partial charge in [0.05, 0.1) is 10.6 Å². The van der Waals surface area contributed by atoms with E-state index < -0.39 is 0 Å². The molecule has 2 N–H and O–H groups in total. The van der Waals surface area contributed by atoms with Crippen molar-refractivity contribution in [2.24, 2.45) is 5.92 Å². The standard InChI is InChI=1S/C22H25N5O2S/c28-21(26-18-7-9-19(10-8-18)27-15-23-14-25-27)17-6-11-20(30-13-17)22(29)24-12-16-4-2-1-3-5-16/h6-11,14-16H,1-5,12-13H2,(H,24,29)(H,26,28). The Hall–Kier alpha value is -2.87. The molecule has 2 aromatic rings. The highest BCUT2D eigenvalue weighted by Gasteiger charge is 2.20. The molecule has 1 aromatic carbocycles. The molecule has 0 atom stereocenters. The molecule has 7 nitrogen and oxygen atoms in total. The third-order valence-electron chi connectivity index (χ3n) is 5.42. The van der Waals surface area contributed by atoms with Crippen LogP contribution in [-0.4, -0.2) is 38.9 Å². The summed E-state index contributed by atoms with van der Waals surface area (Å²) in [5.74, 6) is 0.884. The van der Waals surface area contributed by atoms with Crippen LogP contribution in [0.4, 0.5) is 5.69 Å². The molecule has 4 rings (SSSR count). The average molecular weight is 424 g/mol. The van der Waals surface area contributed by atoms with E-state index in [-0.39, 0.29) is 11.8 Å². The molecule has 2 heterocycles. The van der Waals surface area contributed by atoms with Gasteiger partial charge in [0.2, 0.25) is 0 Å². The van der Waals surface area contributed by atoms with Crippen molar-refractivity contribution >= 4 is 29.3 Å². The highest BCUT2D eigenvalue weighted by Crippen LogP contribution is 2.26. The summed E-state index contributed by atoms with van der Waals surface area (Å²) in [5.41, 5.74) is 2.21. The van der Waals surface area contributed by atoms with Crippen LogP contribution in [-0.2, 0) is 9.59 Å². The Morgan fingerprint density at radius 2 is 1.87 bits per heavy atom. The lowest BCUT2D eigenvalue weighted by atomic mass is 9.89. The van der Waals surface area contributed by atoms with Gasteiger partial charge in [-0.1, -0.05) is 25.3 Å². The van der Waals surface area contributed by atoms with Gasteiger partial charge in [0.15, 0.2) is 0 Å². The molecule has 0 saturated heterocycles. The van der Waals surface area contributed by atoms with E-state index in [1.807, 2.05) is 24.3 Å². The Kier molecular flexibility index (Phi) is 6.63. The molecular weight excluding hydrogens is 398 g/mol. The quantitative estimate of drug-likeness (QED) is 0.743. The van der Waals surface area contributed by atoms with Crippen LogP contribution in [0.25, 0.3) is 5.69 Å². The molecule has 1 aliphatic heterocycles. The molecule has 156 valence electrons. The van der Waals surface area contributed by atoms with Crippen molar-refractivity contribution in [2.75, 3.05) is 17.6 Å². The van der Waals surface area contributed by atoms with Crippen molar-refractivity contribution in [3.05, 3.63) is 59.6 Å². The van der Waals surface area contributed by atoms with Crippen molar-refractivity contribution in [3.8, 4) is 5.69 Å². The summed E-state index contributed by atoms with van der Waals surface area (Å²) in [5, 5.41) is 10.0. The lowest BCUT2D eigenvalue weighted by molar-refractivity contribution is -0.117. The zero-order chi connectivity index (χ0) is 20.8. The Morgan fingerprint density at radius 3 is 2.53 bits per heavy atom. The van der Waals surface area contributed by atoms with Gasteiger partial charge in [0.25, 0.3) is 11.8 Å². The predicted octanol–water partition coefficient (Wildman–Crippen LogP) is 3.46. The number of anilines is 1. The molecule has 0 unspecified atom stereocenters. The Morgan fingerprint density at radius 1 is 1.07 bits per heavy atom. The molecule has 1 fully saturated rings. The second-order valence-corrected chi connectivity index (χ2v) is 8.58. The van der Waals surface area contributed by atoms with Gasteiger partial charge >= 0.3 is 0 Å². The van der Waals surface area contributed by atoms with Crippen molar-refractivity contribution < 1.29 is 9.59 Å². The number of allylic oxidation sites excluding steroid dienone is 2. The van der Waals surface area contributed by atoms with Crippen LogP contribution in [0, 0.1) is 5.92 Å². The normalized spacial score (nSPS) is 17.1. The minimum Gasteiger partial charge on any atom is -0.351 e. The van der Waals surface area contributed by atoms with Crippen LogP contribution in [0.1, 0.15) is 32.1 Å². The predicted molar refractivity (Wildman–Crippen MR) is 118 cm³/mol. The largest absolute Gasteiger partial charge is 0.351 e. The summed E-state index contributed by atoms with van der Waals surface area (Å²) >= 11 is 1.41. The molecule has 1 aliphatic carbocycles. The third-order valence-corrected chi connectivity index (χ3v) is 6.51. The van der Waals surface area contributed by atoms with E-state index in [1.165, 1.54) is 50.2 Å². The number of thioether (sulfide) groups is 1. The van der Waals surface area contributed by atoms with E-state index >= 15 is 0 Å². The van der Waals surface area contributed by atoms with Crippen LogP contribution < -0.4 is 10.6 Å². The highest BCUT2D eigenvalue weighted by atomic mass is 32.2. The van der Waals surface area contributed by atoms with E-state index in [9.17, 15) is 9.59 Å². The van der Waals surface area contributed by atoms with E-state index in [0.717, 1.165) is 12.2 Å². The maximum atomic E-state index is 12.5. The van der Waals surface area contributed by atoms with Gasteiger partial charge in [-0.25, -0.2) is 9.67 Å². The van der Waals surface area contributed by atoms with Gasteiger partial charge in [-0.05, 0) is 49.1 Å². The van der Waals surface area contributed by atoms with Gasteiger partial charge in [-0.2, -0.15) is 5.10 Å². The van der Waals surface area contributed by atoms with Crippen LogP contribution in [0.15, 0.2) is 59.6 Å². The zero-order valence-corrected chi connectivity index (χ0v) is 17.5. The SMILES string of the molecule is O=C(Nc1ccc(-n2cncn2)cc1)C1=CC=C(C(=O)NCC2CCCCC2)SC1. The monoisotopic (exact) mass is 423 g/mol. The van der Waals surface area contributed by atoms with Gasteiger partial charge in [0, 0.05) is 23.6 Å². The van der Waals surface area contributed by atoms with Gasteiger partial charge < -0.3 is 10.6 Å². The second-order valence-electron chi connectivity index (χ2n) is 7.57. The van der Waals surface area contributed by atoms with Gasteiger partial charge in [0.1, 0.15) is 12.7 Å². The lowest BCUT2D eigenvalue weighted by Crippen LogP contribution is -2.31. The number of hydrogen-bond donors (Lipinski definition) is 2. The summed E-state index contributed by atoms with van der Waals surface area (Å²) in [7, 11) is 0. The number of amides is 2. The molecule has 2 aliphatic rings. The number of benzene rings is 1. The second kappa shape index (κ2) is 9.75. The fraction of sp³-hybridized carbons (Fsp3) is 0.364. The molecule has 1 saturated carbocycles. The Labute approximate surface area is 180 Å². The maximum Gasteiger partial charge on any atom is 0.257 e. The first kappa shape index (κ1) is 20.4. The van der Waals surface area contributed by atoms with Crippen molar-refractivity contribution in [1.82, 2.24) is 20.1 Å². The van der Waals surface area contributed by atoms with E-state index in [4.69, 9.17) is 0 Å². The smallest absolute Gasteiger partial charge is 0.257 e. The van der Waals surface area contributed by atoms with Gasteiger partial charge in [-0.15, -0.1) is 11.8 Å². The fourth-order valence-electron chi connectivity index (χ4n) is 3.68. The van der Waals surface area contributed by atoms with Crippen molar-refractivity contribution in [1.29, 1.82) is 0 Å². The summed E-state index contributed by atoms with van der Waals surface area (Å²) in [6, 6.07) is 7.38. The molecule has 1 aromatic heterocycles. The lowest BCUT2D eigenvalue weighted by Gasteiger charge is -2.22. The minimum atomic E-state index is -0.158. The molecule has 0 spiro atoms. The highest BCUT2D eigenvalue weighted by molar-refractivity contribution is 8.04. The first-order chi connectivity index (χ1) is 14.7. The Balaban J connectivity index is 1.30. The third kappa shape index (κ3) is 5.18. The number of hydrogen-bond acceptors (Lipinski definition) is 5. The van der Waals surface area contributed by atoms with E-state index in [1.54, 1.807) is 23.2 Å². The number of aromatic nitrogens is 3. The first-order valence-corrected chi connectivity index (χ1v) is 11.3.